The number of amides is 2. The van der Waals surface area contributed by atoms with E-state index in [0.29, 0.717) is 17.2 Å². The van der Waals surface area contributed by atoms with Crippen LogP contribution in [0.15, 0.2) is 18.2 Å². The van der Waals surface area contributed by atoms with Gasteiger partial charge in [-0.2, -0.15) is 0 Å². The molecule has 6 nitrogen and oxygen atoms in total. The van der Waals surface area contributed by atoms with Crippen molar-refractivity contribution in [3.63, 3.8) is 0 Å². The SMILES string of the molecule is CN(C(=O)C(=O)Nc1ccc2c(c1)OCO2)C1CCCCC1. The highest BCUT2D eigenvalue weighted by atomic mass is 16.7. The van der Waals surface area contributed by atoms with Crippen molar-refractivity contribution >= 4 is 17.5 Å². The zero-order valence-electron chi connectivity index (χ0n) is 12.6. The molecule has 118 valence electrons. The van der Waals surface area contributed by atoms with Crippen molar-refractivity contribution in [3.8, 4) is 11.5 Å². The molecule has 0 unspecified atom stereocenters. The molecule has 1 N–H and O–H groups in total. The number of carbonyl (C=O) groups is 2. The van der Waals surface area contributed by atoms with Crippen LogP contribution in [0.4, 0.5) is 5.69 Å². The largest absolute Gasteiger partial charge is 0.454 e. The number of nitrogens with zero attached hydrogens (tertiary/aromatic N) is 1. The summed E-state index contributed by atoms with van der Waals surface area (Å²) in [6.07, 6.45) is 5.39. The van der Waals surface area contributed by atoms with Crippen molar-refractivity contribution in [3.05, 3.63) is 18.2 Å². The average Bonchev–Trinajstić information content (AvgIpc) is 3.02. The first-order valence-corrected chi connectivity index (χ1v) is 7.63. The Morgan fingerprint density at radius 3 is 2.64 bits per heavy atom. The minimum Gasteiger partial charge on any atom is -0.454 e. The molecule has 6 heteroatoms. The van der Waals surface area contributed by atoms with E-state index in [9.17, 15) is 9.59 Å². The van der Waals surface area contributed by atoms with E-state index in [1.807, 2.05) is 0 Å². The molecule has 2 aliphatic rings. The van der Waals surface area contributed by atoms with Gasteiger partial charge in [-0.1, -0.05) is 19.3 Å². The highest BCUT2D eigenvalue weighted by Gasteiger charge is 2.27. The highest BCUT2D eigenvalue weighted by molar-refractivity contribution is 6.39. The van der Waals surface area contributed by atoms with Crippen LogP contribution in [0.25, 0.3) is 0 Å². The van der Waals surface area contributed by atoms with E-state index in [4.69, 9.17) is 9.47 Å². The molecular formula is C16H20N2O4. The first-order valence-electron chi connectivity index (χ1n) is 7.63. The zero-order chi connectivity index (χ0) is 15.5. The number of hydrogen-bond donors (Lipinski definition) is 1. The summed E-state index contributed by atoms with van der Waals surface area (Å²) in [5.74, 6) is 0.103. The van der Waals surface area contributed by atoms with Crippen molar-refractivity contribution in [1.82, 2.24) is 4.90 Å². The van der Waals surface area contributed by atoms with Gasteiger partial charge in [-0.15, -0.1) is 0 Å². The van der Waals surface area contributed by atoms with E-state index in [1.165, 1.54) is 6.42 Å². The third-order valence-electron chi connectivity index (χ3n) is 4.27. The molecule has 3 rings (SSSR count). The summed E-state index contributed by atoms with van der Waals surface area (Å²) in [4.78, 5) is 25.9. The van der Waals surface area contributed by atoms with Gasteiger partial charge in [-0.25, -0.2) is 0 Å². The van der Waals surface area contributed by atoms with E-state index in [0.717, 1.165) is 25.7 Å². The van der Waals surface area contributed by atoms with Gasteiger partial charge in [-0.05, 0) is 25.0 Å². The number of carbonyl (C=O) groups excluding carboxylic acids is 2. The Balaban J connectivity index is 1.62. The Kier molecular flexibility index (Phi) is 4.18. The van der Waals surface area contributed by atoms with Crippen LogP contribution in [0.1, 0.15) is 32.1 Å². The summed E-state index contributed by atoms with van der Waals surface area (Å²) in [6.45, 7) is 0.177. The number of fused-ring (bicyclic) bond motifs is 1. The number of rotatable bonds is 2. The number of anilines is 1. The van der Waals surface area contributed by atoms with E-state index in [-0.39, 0.29) is 12.8 Å². The Labute approximate surface area is 129 Å². The molecule has 0 radical (unpaired) electrons. The number of hydrogen-bond acceptors (Lipinski definition) is 4. The van der Waals surface area contributed by atoms with Gasteiger partial charge in [0, 0.05) is 24.8 Å². The second-order valence-corrected chi connectivity index (χ2v) is 5.73. The lowest BCUT2D eigenvalue weighted by atomic mass is 9.94. The fourth-order valence-corrected chi connectivity index (χ4v) is 2.95. The fraction of sp³-hybridized carbons (Fsp3) is 0.500. The van der Waals surface area contributed by atoms with Gasteiger partial charge in [0.2, 0.25) is 6.79 Å². The Morgan fingerprint density at radius 2 is 1.86 bits per heavy atom. The molecule has 0 spiro atoms. The molecule has 1 saturated carbocycles. The molecule has 1 fully saturated rings. The first-order chi connectivity index (χ1) is 10.6. The van der Waals surface area contributed by atoms with Gasteiger partial charge in [0.1, 0.15) is 0 Å². The van der Waals surface area contributed by atoms with Crippen LogP contribution in [0, 0.1) is 0 Å². The van der Waals surface area contributed by atoms with Crippen molar-refractivity contribution in [1.29, 1.82) is 0 Å². The molecule has 0 saturated heterocycles. The highest BCUT2D eigenvalue weighted by Crippen LogP contribution is 2.34. The summed E-state index contributed by atoms with van der Waals surface area (Å²) in [5, 5.41) is 2.63. The molecular weight excluding hydrogens is 284 g/mol. The second kappa shape index (κ2) is 6.25. The lowest BCUT2D eigenvalue weighted by Crippen LogP contribution is -2.44. The van der Waals surface area contributed by atoms with Gasteiger partial charge in [0.05, 0.1) is 0 Å². The predicted octanol–water partition coefficient (Wildman–Crippen LogP) is 2.14. The van der Waals surface area contributed by atoms with Gasteiger partial charge < -0.3 is 19.7 Å². The molecule has 1 aromatic rings. The molecule has 1 aromatic carbocycles. The minimum atomic E-state index is -0.619. The van der Waals surface area contributed by atoms with Crippen LogP contribution < -0.4 is 14.8 Å². The Hall–Kier alpha value is -2.24. The van der Waals surface area contributed by atoms with Crippen molar-refractivity contribution < 1.29 is 19.1 Å². The normalized spacial score (nSPS) is 17.1. The van der Waals surface area contributed by atoms with E-state index < -0.39 is 11.8 Å². The Bertz CT molecular complexity index is 582. The quantitative estimate of drug-likeness (QED) is 0.850. The van der Waals surface area contributed by atoms with Gasteiger partial charge in [0.25, 0.3) is 0 Å². The third kappa shape index (κ3) is 3.00. The van der Waals surface area contributed by atoms with Crippen molar-refractivity contribution in [2.75, 3.05) is 19.2 Å². The Morgan fingerprint density at radius 1 is 1.14 bits per heavy atom. The number of likely N-dealkylation sites (N-methyl/N-ethyl adjacent to an activating group) is 1. The summed E-state index contributed by atoms with van der Waals surface area (Å²) in [7, 11) is 1.71. The van der Waals surface area contributed by atoms with Crippen molar-refractivity contribution in [2.24, 2.45) is 0 Å². The summed E-state index contributed by atoms with van der Waals surface area (Å²) in [5.41, 5.74) is 0.527. The molecule has 0 atom stereocenters. The third-order valence-corrected chi connectivity index (χ3v) is 4.27. The summed E-state index contributed by atoms with van der Waals surface area (Å²) >= 11 is 0. The zero-order valence-corrected chi connectivity index (χ0v) is 12.6. The summed E-state index contributed by atoms with van der Waals surface area (Å²) in [6, 6.07) is 5.24. The minimum absolute atomic E-state index is 0.170. The van der Waals surface area contributed by atoms with Crippen LogP contribution in [-0.2, 0) is 9.59 Å². The standard InChI is InChI=1S/C16H20N2O4/c1-18(12-5-3-2-4-6-12)16(20)15(19)17-11-7-8-13-14(9-11)22-10-21-13/h7-9,12H,2-6,10H2,1H3,(H,17,19). The van der Waals surface area contributed by atoms with Crippen molar-refractivity contribution in [2.45, 2.75) is 38.1 Å². The number of benzene rings is 1. The molecule has 0 aromatic heterocycles. The van der Waals surface area contributed by atoms with Gasteiger partial charge >= 0.3 is 11.8 Å². The molecule has 0 bridgehead atoms. The van der Waals surface area contributed by atoms with Crippen LogP contribution in [0.2, 0.25) is 0 Å². The molecule has 2 amide bonds. The maximum absolute atomic E-state index is 12.2. The lowest BCUT2D eigenvalue weighted by Gasteiger charge is -2.30. The lowest BCUT2D eigenvalue weighted by molar-refractivity contribution is -0.144. The number of ether oxygens (including phenoxy) is 2. The van der Waals surface area contributed by atoms with Crippen LogP contribution in [0.3, 0.4) is 0 Å². The number of nitrogens with one attached hydrogen (secondary N) is 1. The van der Waals surface area contributed by atoms with E-state index in [1.54, 1.807) is 30.1 Å². The average molecular weight is 304 g/mol. The molecule has 1 aliphatic heterocycles. The second-order valence-electron chi connectivity index (χ2n) is 5.73. The first kappa shape index (κ1) is 14.7. The smallest absolute Gasteiger partial charge is 0.313 e. The van der Waals surface area contributed by atoms with E-state index >= 15 is 0 Å². The maximum Gasteiger partial charge on any atom is 0.313 e. The van der Waals surface area contributed by atoms with Crippen LogP contribution in [-0.4, -0.2) is 36.6 Å². The van der Waals surface area contributed by atoms with E-state index in [2.05, 4.69) is 5.32 Å². The van der Waals surface area contributed by atoms with Crippen LogP contribution in [0.5, 0.6) is 11.5 Å². The topological polar surface area (TPSA) is 67.9 Å². The molecule has 1 heterocycles. The summed E-state index contributed by atoms with van der Waals surface area (Å²) < 4.78 is 10.5. The monoisotopic (exact) mass is 304 g/mol. The van der Waals surface area contributed by atoms with Gasteiger partial charge in [-0.3, -0.25) is 9.59 Å². The predicted molar refractivity (Wildman–Crippen MR) is 80.8 cm³/mol. The van der Waals surface area contributed by atoms with Gasteiger partial charge in [0.15, 0.2) is 11.5 Å². The fourth-order valence-electron chi connectivity index (χ4n) is 2.95. The molecule has 22 heavy (non-hydrogen) atoms. The van der Waals surface area contributed by atoms with Crippen LogP contribution >= 0.6 is 0 Å². The molecule has 1 aliphatic carbocycles. The maximum atomic E-state index is 12.2.